The lowest BCUT2D eigenvalue weighted by molar-refractivity contribution is 0.262. The largest absolute Gasteiger partial charge is 0.325 e. The maximum Gasteiger partial charge on any atom is 0.325 e. The van der Waals surface area contributed by atoms with Crippen LogP contribution in [-0.2, 0) is 0 Å². The smallest absolute Gasteiger partial charge is 0.313 e. The van der Waals surface area contributed by atoms with E-state index in [9.17, 15) is 4.79 Å². The van der Waals surface area contributed by atoms with Crippen molar-refractivity contribution in [1.82, 2.24) is 10.3 Å². The fourth-order valence-corrected chi connectivity index (χ4v) is 2.41. The Kier molecular flexibility index (Phi) is 4.70. The van der Waals surface area contributed by atoms with Crippen LogP contribution in [-0.4, -0.2) is 18.1 Å². The third kappa shape index (κ3) is 3.79. The summed E-state index contributed by atoms with van der Waals surface area (Å²) in [5, 5.41) is 11.2. The highest BCUT2D eigenvalue weighted by Gasteiger charge is 2.07. The van der Waals surface area contributed by atoms with E-state index in [1.165, 1.54) is 11.3 Å². The van der Waals surface area contributed by atoms with E-state index in [0.29, 0.717) is 5.13 Å². The first-order valence-corrected chi connectivity index (χ1v) is 7.24. The molecule has 0 aliphatic rings. The van der Waals surface area contributed by atoms with Gasteiger partial charge in [0.2, 0.25) is 0 Å². The minimum atomic E-state index is -0.284. The zero-order chi connectivity index (χ0) is 14.5. The lowest BCUT2D eigenvalue weighted by atomic mass is 10.1. The minimum absolute atomic E-state index is 0.237. The molecule has 2 rings (SSSR count). The number of urea groups is 1. The van der Waals surface area contributed by atoms with Crippen LogP contribution in [0.15, 0.2) is 29.6 Å². The predicted molar refractivity (Wildman–Crippen MR) is 83.4 cm³/mol. The highest BCUT2D eigenvalue weighted by Crippen LogP contribution is 2.18. The van der Waals surface area contributed by atoms with Gasteiger partial charge in [-0.2, -0.15) is 0 Å². The Labute approximate surface area is 122 Å². The summed E-state index contributed by atoms with van der Waals surface area (Å²) in [5.41, 5.74) is 2.78. The van der Waals surface area contributed by atoms with Crippen molar-refractivity contribution in [2.75, 3.05) is 17.7 Å². The monoisotopic (exact) mass is 290 g/mol. The van der Waals surface area contributed by atoms with Crippen LogP contribution in [0.1, 0.15) is 24.2 Å². The number of nitrogens with one attached hydrogen (secondary N) is 3. The number of nitrogens with zero attached hydrogens (tertiary/aromatic N) is 1. The molecular weight excluding hydrogens is 272 g/mol. The molecule has 3 N–H and O–H groups in total. The molecule has 5 nitrogen and oxygen atoms in total. The van der Waals surface area contributed by atoms with Gasteiger partial charge in [-0.1, -0.05) is 12.1 Å². The van der Waals surface area contributed by atoms with Crippen LogP contribution in [0.4, 0.5) is 15.6 Å². The third-order valence-electron chi connectivity index (χ3n) is 2.92. The molecule has 106 valence electrons. The van der Waals surface area contributed by atoms with Crippen molar-refractivity contribution in [2.24, 2.45) is 0 Å². The van der Waals surface area contributed by atoms with E-state index in [-0.39, 0.29) is 12.1 Å². The lowest BCUT2D eigenvalue weighted by Gasteiger charge is -2.12. The standard InChI is InChI=1S/C14H18N4OS/c1-9-8-20-14(16-9)18-13(19)17-12-6-4-5-11(7-12)10(2)15-3/h4-8,10,15H,1-3H3,(H2,16,17,18,19). The molecule has 0 aliphatic carbocycles. The average molecular weight is 290 g/mol. The van der Waals surface area contributed by atoms with Gasteiger partial charge >= 0.3 is 6.03 Å². The van der Waals surface area contributed by atoms with E-state index >= 15 is 0 Å². The van der Waals surface area contributed by atoms with Crippen LogP contribution in [0.3, 0.4) is 0 Å². The van der Waals surface area contributed by atoms with Gasteiger partial charge in [-0.05, 0) is 38.6 Å². The zero-order valence-electron chi connectivity index (χ0n) is 11.7. The van der Waals surface area contributed by atoms with Crippen LogP contribution in [0.5, 0.6) is 0 Å². The molecule has 2 amide bonds. The Morgan fingerprint density at radius 1 is 1.35 bits per heavy atom. The van der Waals surface area contributed by atoms with Crippen LogP contribution in [0.2, 0.25) is 0 Å². The summed E-state index contributed by atoms with van der Waals surface area (Å²) in [4.78, 5) is 16.1. The summed E-state index contributed by atoms with van der Waals surface area (Å²) in [6.45, 7) is 3.96. The van der Waals surface area contributed by atoms with E-state index in [0.717, 1.165) is 16.9 Å². The first-order chi connectivity index (χ1) is 9.58. The minimum Gasteiger partial charge on any atom is -0.313 e. The van der Waals surface area contributed by atoms with Gasteiger partial charge in [0.1, 0.15) is 0 Å². The highest BCUT2D eigenvalue weighted by atomic mass is 32.1. The van der Waals surface area contributed by atoms with Crippen LogP contribution >= 0.6 is 11.3 Å². The molecule has 1 unspecified atom stereocenters. The number of carbonyl (C=O) groups is 1. The van der Waals surface area contributed by atoms with Gasteiger partial charge in [-0.25, -0.2) is 9.78 Å². The van der Waals surface area contributed by atoms with Crippen molar-refractivity contribution in [3.8, 4) is 0 Å². The number of thiazole rings is 1. The average Bonchev–Trinajstić information content (AvgIpc) is 2.83. The van der Waals surface area contributed by atoms with Gasteiger partial charge in [-0.15, -0.1) is 11.3 Å². The fraction of sp³-hybridized carbons (Fsp3) is 0.286. The number of benzene rings is 1. The maximum atomic E-state index is 11.9. The number of carbonyl (C=O) groups excluding carboxylic acids is 1. The third-order valence-corrected chi connectivity index (χ3v) is 3.79. The van der Waals surface area contributed by atoms with E-state index in [4.69, 9.17) is 0 Å². The SMILES string of the molecule is CNC(C)c1cccc(NC(=O)Nc2nc(C)cs2)c1. The number of amides is 2. The molecule has 0 bridgehead atoms. The van der Waals surface area contributed by atoms with Gasteiger partial charge < -0.3 is 10.6 Å². The fourth-order valence-electron chi connectivity index (χ4n) is 1.72. The van der Waals surface area contributed by atoms with Crippen LogP contribution in [0, 0.1) is 6.92 Å². The van der Waals surface area contributed by atoms with Gasteiger partial charge in [0, 0.05) is 17.1 Å². The second-order valence-electron chi connectivity index (χ2n) is 4.51. The number of aryl methyl sites for hydroxylation is 1. The van der Waals surface area contributed by atoms with Crippen LogP contribution < -0.4 is 16.0 Å². The van der Waals surface area contributed by atoms with Gasteiger partial charge in [0.25, 0.3) is 0 Å². The number of anilines is 2. The normalized spacial score (nSPS) is 11.9. The molecule has 1 heterocycles. The first-order valence-electron chi connectivity index (χ1n) is 6.36. The van der Waals surface area contributed by atoms with Crippen molar-refractivity contribution in [3.05, 3.63) is 40.9 Å². The van der Waals surface area contributed by atoms with Gasteiger partial charge in [0.05, 0.1) is 5.69 Å². The molecular formula is C14H18N4OS. The number of hydrogen-bond donors (Lipinski definition) is 3. The summed E-state index contributed by atoms with van der Waals surface area (Å²) >= 11 is 1.41. The molecule has 0 spiro atoms. The van der Waals surface area contributed by atoms with Crippen molar-refractivity contribution in [3.63, 3.8) is 0 Å². The molecule has 0 saturated heterocycles. The Balaban J connectivity index is 2.00. The van der Waals surface area contributed by atoms with E-state index in [2.05, 4.69) is 27.9 Å². The summed E-state index contributed by atoms with van der Waals surface area (Å²) < 4.78 is 0. The number of rotatable bonds is 4. The molecule has 6 heteroatoms. The molecule has 0 aliphatic heterocycles. The Hall–Kier alpha value is -1.92. The molecule has 0 saturated carbocycles. The van der Waals surface area contributed by atoms with E-state index in [1.807, 2.05) is 43.6 Å². The quantitative estimate of drug-likeness (QED) is 0.808. The zero-order valence-corrected chi connectivity index (χ0v) is 12.5. The molecule has 0 radical (unpaired) electrons. The molecule has 1 atom stereocenters. The van der Waals surface area contributed by atoms with Crippen molar-refractivity contribution in [2.45, 2.75) is 19.9 Å². The van der Waals surface area contributed by atoms with Crippen molar-refractivity contribution < 1.29 is 4.79 Å². The number of hydrogen-bond acceptors (Lipinski definition) is 4. The molecule has 20 heavy (non-hydrogen) atoms. The second kappa shape index (κ2) is 6.49. The van der Waals surface area contributed by atoms with Gasteiger partial charge in [0.15, 0.2) is 5.13 Å². The number of aromatic nitrogens is 1. The summed E-state index contributed by atoms with van der Waals surface area (Å²) in [7, 11) is 1.91. The highest BCUT2D eigenvalue weighted by molar-refractivity contribution is 7.13. The second-order valence-corrected chi connectivity index (χ2v) is 5.37. The lowest BCUT2D eigenvalue weighted by Crippen LogP contribution is -2.19. The van der Waals surface area contributed by atoms with Crippen molar-refractivity contribution >= 4 is 28.2 Å². The van der Waals surface area contributed by atoms with Crippen molar-refractivity contribution in [1.29, 1.82) is 0 Å². The van der Waals surface area contributed by atoms with E-state index in [1.54, 1.807) is 0 Å². The molecule has 2 aromatic rings. The van der Waals surface area contributed by atoms with Crippen LogP contribution in [0.25, 0.3) is 0 Å². The van der Waals surface area contributed by atoms with Gasteiger partial charge in [-0.3, -0.25) is 5.32 Å². The maximum absolute atomic E-state index is 11.9. The molecule has 0 fully saturated rings. The van der Waals surface area contributed by atoms with E-state index < -0.39 is 0 Å². The Bertz CT molecular complexity index is 596. The summed E-state index contributed by atoms with van der Waals surface area (Å²) in [6, 6.07) is 7.71. The first kappa shape index (κ1) is 14.5. The predicted octanol–water partition coefficient (Wildman–Crippen LogP) is 3.38. The molecule has 1 aromatic heterocycles. The topological polar surface area (TPSA) is 66.0 Å². The Morgan fingerprint density at radius 3 is 2.80 bits per heavy atom. The summed E-state index contributed by atoms with van der Waals surface area (Å²) in [5.74, 6) is 0. The summed E-state index contributed by atoms with van der Waals surface area (Å²) in [6.07, 6.45) is 0. The molecule has 1 aromatic carbocycles. The Morgan fingerprint density at radius 2 is 2.15 bits per heavy atom.